The van der Waals surface area contributed by atoms with Crippen molar-refractivity contribution < 1.29 is 9.53 Å². The predicted octanol–water partition coefficient (Wildman–Crippen LogP) is 1.96. The van der Waals surface area contributed by atoms with Crippen LogP contribution in [0.5, 0.6) is 5.75 Å². The van der Waals surface area contributed by atoms with Crippen molar-refractivity contribution in [2.75, 3.05) is 13.2 Å². The Morgan fingerprint density at radius 2 is 2.21 bits per heavy atom. The highest BCUT2D eigenvalue weighted by Gasteiger charge is 2.28. The Bertz CT molecular complexity index is 435. The summed E-state index contributed by atoms with van der Waals surface area (Å²) in [5.74, 6) is 1.16. The van der Waals surface area contributed by atoms with E-state index in [0.717, 1.165) is 0 Å². The van der Waals surface area contributed by atoms with Crippen LogP contribution in [0.15, 0.2) is 24.3 Å². The van der Waals surface area contributed by atoms with Crippen LogP contribution in [0.3, 0.4) is 0 Å². The predicted molar refractivity (Wildman–Crippen MR) is 75.3 cm³/mol. The molecule has 19 heavy (non-hydrogen) atoms. The molecule has 3 N–H and O–H groups in total. The first-order valence-corrected chi connectivity index (χ1v) is 6.94. The van der Waals surface area contributed by atoms with Gasteiger partial charge in [0, 0.05) is 12.6 Å². The number of carbonyl (C=O) groups excluding carboxylic acids is 1. The maximum atomic E-state index is 11.6. The summed E-state index contributed by atoms with van der Waals surface area (Å²) in [7, 11) is 0. The second kappa shape index (κ2) is 6.78. The van der Waals surface area contributed by atoms with Gasteiger partial charge in [-0.15, -0.1) is 0 Å². The highest BCUT2D eigenvalue weighted by Crippen LogP contribution is 2.31. The zero-order valence-corrected chi connectivity index (χ0v) is 11.5. The fourth-order valence-corrected chi connectivity index (χ4v) is 2.02. The number of hydrogen-bond donors (Lipinski definition) is 2. The highest BCUT2D eigenvalue weighted by molar-refractivity contribution is 6.32. The summed E-state index contributed by atoms with van der Waals surface area (Å²) in [5.41, 5.74) is 5.90. The van der Waals surface area contributed by atoms with Gasteiger partial charge in [0.15, 0.2) is 0 Å². The molecule has 2 rings (SSSR count). The first-order chi connectivity index (χ1) is 9.16. The van der Waals surface area contributed by atoms with Crippen molar-refractivity contribution >= 4 is 17.5 Å². The van der Waals surface area contributed by atoms with Gasteiger partial charge in [0.1, 0.15) is 5.75 Å². The number of nitrogens with one attached hydrogen (secondary N) is 1. The Hall–Kier alpha value is -1.26. The van der Waals surface area contributed by atoms with Crippen LogP contribution in [0.4, 0.5) is 0 Å². The number of nitrogens with two attached hydrogens (primary N) is 1. The fourth-order valence-electron chi connectivity index (χ4n) is 1.83. The van der Waals surface area contributed by atoms with Crippen molar-refractivity contribution in [1.82, 2.24) is 5.32 Å². The average molecular weight is 283 g/mol. The molecule has 1 atom stereocenters. The van der Waals surface area contributed by atoms with Crippen LogP contribution in [0, 0.1) is 5.92 Å². The van der Waals surface area contributed by atoms with Crippen LogP contribution in [0.25, 0.3) is 0 Å². The number of ether oxygens (including phenoxy) is 1. The molecule has 0 aromatic heterocycles. The molecule has 1 saturated carbocycles. The minimum atomic E-state index is -0.0387. The van der Waals surface area contributed by atoms with Gasteiger partial charge in [-0.1, -0.05) is 23.7 Å². The van der Waals surface area contributed by atoms with Gasteiger partial charge in [-0.2, -0.15) is 0 Å². The largest absolute Gasteiger partial charge is 0.491 e. The molecule has 0 saturated heterocycles. The van der Waals surface area contributed by atoms with E-state index in [4.69, 9.17) is 22.1 Å². The SMILES string of the molecule is NC(CNC(=O)CCOc1ccccc1Cl)C1CC1. The topological polar surface area (TPSA) is 64.3 Å². The van der Waals surface area contributed by atoms with Crippen molar-refractivity contribution in [3.05, 3.63) is 29.3 Å². The Labute approximate surface area is 118 Å². The number of para-hydroxylation sites is 1. The maximum absolute atomic E-state index is 11.6. The number of carbonyl (C=O) groups is 1. The minimum Gasteiger partial charge on any atom is -0.491 e. The Morgan fingerprint density at radius 1 is 1.47 bits per heavy atom. The lowest BCUT2D eigenvalue weighted by Gasteiger charge is -2.12. The highest BCUT2D eigenvalue weighted by atomic mass is 35.5. The zero-order chi connectivity index (χ0) is 13.7. The molecule has 1 aliphatic carbocycles. The van der Waals surface area contributed by atoms with E-state index in [0.29, 0.717) is 36.3 Å². The third-order valence-electron chi connectivity index (χ3n) is 3.19. The van der Waals surface area contributed by atoms with Gasteiger partial charge in [0.05, 0.1) is 18.1 Å². The summed E-state index contributed by atoms with van der Waals surface area (Å²) in [6.07, 6.45) is 2.68. The van der Waals surface area contributed by atoms with Gasteiger partial charge in [0.2, 0.25) is 5.91 Å². The first kappa shape index (κ1) is 14.2. The average Bonchev–Trinajstić information content (AvgIpc) is 3.22. The van der Waals surface area contributed by atoms with E-state index in [1.807, 2.05) is 12.1 Å². The summed E-state index contributed by atoms with van der Waals surface area (Å²) in [6.45, 7) is 0.865. The zero-order valence-electron chi connectivity index (χ0n) is 10.8. The van der Waals surface area contributed by atoms with Crippen LogP contribution in [-0.4, -0.2) is 25.1 Å². The molecular formula is C14H19ClN2O2. The Kier molecular flexibility index (Phi) is 5.05. The van der Waals surface area contributed by atoms with Crippen LogP contribution >= 0.6 is 11.6 Å². The Balaban J connectivity index is 1.62. The number of hydrogen-bond acceptors (Lipinski definition) is 3. The van der Waals surface area contributed by atoms with E-state index in [9.17, 15) is 4.79 Å². The monoisotopic (exact) mass is 282 g/mol. The third kappa shape index (κ3) is 4.73. The second-order valence-electron chi connectivity index (χ2n) is 4.83. The lowest BCUT2D eigenvalue weighted by Crippen LogP contribution is -2.38. The number of benzene rings is 1. The molecule has 1 aromatic carbocycles. The lowest BCUT2D eigenvalue weighted by molar-refractivity contribution is -0.121. The van der Waals surface area contributed by atoms with E-state index in [-0.39, 0.29) is 11.9 Å². The van der Waals surface area contributed by atoms with Gasteiger partial charge in [-0.3, -0.25) is 4.79 Å². The smallest absolute Gasteiger partial charge is 0.223 e. The quantitative estimate of drug-likeness (QED) is 0.803. The minimum absolute atomic E-state index is 0.0387. The molecular weight excluding hydrogens is 264 g/mol. The van der Waals surface area contributed by atoms with Crippen LogP contribution in [0.2, 0.25) is 5.02 Å². The van der Waals surface area contributed by atoms with Crippen LogP contribution in [-0.2, 0) is 4.79 Å². The van der Waals surface area contributed by atoms with E-state index >= 15 is 0 Å². The van der Waals surface area contributed by atoms with Gasteiger partial charge in [0.25, 0.3) is 0 Å². The van der Waals surface area contributed by atoms with Crippen molar-refractivity contribution in [1.29, 1.82) is 0 Å². The van der Waals surface area contributed by atoms with Crippen molar-refractivity contribution in [2.45, 2.75) is 25.3 Å². The molecule has 0 heterocycles. The second-order valence-corrected chi connectivity index (χ2v) is 5.24. The van der Waals surface area contributed by atoms with E-state index in [1.54, 1.807) is 12.1 Å². The van der Waals surface area contributed by atoms with E-state index < -0.39 is 0 Å². The number of halogens is 1. The van der Waals surface area contributed by atoms with Crippen molar-refractivity contribution in [3.8, 4) is 5.75 Å². The van der Waals surface area contributed by atoms with Gasteiger partial charge >= 0.3 is 0 Å². The molecule has 1 unspecified atom stereocenters. The van der Waals surface area contributed by atoms with Gasteiger partial charge < -0.3 is 15.8 Å². The van der Waals surface area contributed by atoms with Crippen molar-refractivity contribution in [2.24, 2.45) is 11.7 Å². The molecule has 1 fully saturated rings. The standard InChI is InChI=1S/C14H19ClN2O2/c15-11-3-1-2-4-13(11)19-8-7-14(18)17-9-12(16)10-5-6-10/h1-4,10,12H,5-9,16H2,(H,17,18). The molecule has 0 spiro atoms. The Morgan fingerprint density at radius 3 is 2.89 bits per heavy atom. The molecule has 1 amide bonds. The summed E-state index contributed by atoms with van der Waals surface area (Å²) in [4.78, 5) is 11.6. The first-order valence-electron chi connectivity index (χ1n) is 6.56. The van der Waals surface area contributed by atoms with Gasteiger partial charge in [-0.25, -0.2) is 0 Å². The van der Waals surface area contributed by atoms with Crippen molar-refractivity contribution in [3.63, 3.8) is 0 Å². The van der Waals surface area contributed by atoms with E-state index in [2.05, 4.69) is 5.32 Å². The molecule has 104 valence electrons. The molecule has 5 heteroatoms. The molecule has 0 bridgehead atoms. The maximum Gasteiger partial charge on any atom is 0.223 e. The van der Waals surface area contributed by atoms with Gasteiger partial charge in [-0.05, 0) is 30.9 Å². The van der Waals surface area contributed by atoms with E-state index in [1.165, 1.54) is 12.8 Å². The molecule has 0 radical (unpaired) electrons. The molecule has 1 aromatic rings. The fraction of sp³-hybridized carbons (Fsp3) is 0.500. The molecule has 0 aliphatic heterocycles. The van der Waals surface area contributed by atoms with Crippen LogP contribution in [0.1, 0.15) is 19.3 Å². The summed E-state index contributed by atoms with van der Waals surface area (Å²) >= 11 is 5.94. The lowest BCUT2D eigenvalue weighted by atomic mass is 10.2. The number of rotatable bonds is 7. The third-order valence-corrected chi connectivity index (χ3v) is 3.50. The summed E-state index contributed by atoms with van der Waals surface area (Å²) < 4.78 is 5.45. The normalized spacial score (nSPS) is 15.9. The molecule has 1 aliphatic rings. The number of amides is 1. The van der Waals surface area contributed by atoms with Crippen LogP contribution < -0.4 is 15.8 Å². The molecule has 4 nitrogen and oxygen atoms in total. The summed E-state index contributed by atoms with van der Waals surface area (Å²) in [6, 6.07) is 7.31. The summed E-state index contributed by atoms with van der Waals surface area (Å²) in [5, 5.41) is 3.38.